The van der Waals surface area contributed by atoms with Gasteiger partial charge in [0.05, 0.1) is 0 Å². The van der Waals surface area contributed by atoms with E-state index in [4.69, 9.17) is 5.11 Å². The first-order valence-corrected chi connectivity index (χ1v) is 8.82. The van der Waals surface area contributed by atoms with Gasteiger partial charge in [0.1, 0.15) is 5.75 Å². The molecule has 134 valence electrons. The highest BCUT2D eigenvalue weighted by molar-refractivity contribution is 5.48. The molecule has 1 fully saturated rings. The van der Waals surface area contributed by atoms with Gasteiger partial charge in [-0.25, -0.2) is 0 Å². The zero-order valence-corrected chi connectivity index (χ0v) is 16.4. The van der Waals surface area contributed by atoms with Crippen LogP contribution < -0.4 is 0 Å². The van der Waals surface area contributed by atoms with E-state index in [0.717, 1.165) is 24.8 Å². The first-order valence-electron chi connectivity index (χ1n) is 8.82. The lowest BCUT2D eigenvalue weighted by Crippen LogP contribution is -2.36. The SMILES string of the molecule is CC.CC(C)c1cc(CN2CCC2)cc(C(C)(C)C)c1O.CO. The van der Waals surface area contributed by atoms with Crippen molar-refractivity contribution in [3.05, 3.63) is 28.8 Å². The minimum atomic E-state index is -0.0152. The van der Waals surface area contributed by atoms with Crippen molar-refractivity contribution in [3.8, 4) is 5.75 Å². The topological polar surface area (TPSA) is 43.7 Å². The van der Waals surface area contributed by atoms with E-state index in [1.807, 2.05) is 13.8 Å². The summed E-state index contributed by atoms with van der Waals surface area (Å²) in [6.45, 7) is 18.2. The third-order valence-electron chi connectivity index (χ3n) is 3.98. The van der Waals surface area contributed by atoms with Gasteiger partial charge in [0.15, 0.2) is 0 Å². The number of aliphatic hydroxyl groups excluding tert-OH is 1. The first kappa shape index (κ1) is 21.9. The molecule has 23 heavy (non-hydrogen) atoms. The Bertz CT molecular complexity index is 457. The van der Waals surface area contributed by atoms with E-state index in [-0.39, 0.29) is 5.41 Å². The number of phenolic OH excluding ortho intramolecular Hbond substituents is 1. The molecule has 0 aliphatic carbocycles. The predicted octanol–water partition coefficient (Wildman–Crippen LogP) is 4.65. The molecule has 2 rings (SSSR count). The lowest BCUT2D eigenvalue weighted by molar-refractivity contribution is 0.172. The molecule has 0 aromatic heterocycles. The fourth-order valence-electron chi connectivity index (χ4n) is 2.62. The van der Waals surface area contributed by atoms with Crippen LogP contribution in [0, 0.1) is 0 Å². The molecule has 1 aromatic rings. The molecule has 0 saturated carbocycles. The van der Waals surface area contributed by atoms with Crippen molar-refractivity contribution in [1.29, 1.82) is 0 Å². The van der Waals surface area contributed by atoms with Crippen LogP contribution in [0.1, 0.15) is 77.5 Å². The summed E-state index contributed by atoms with van der Waals surface area (Å²) in [5.41, 5.74) is 3.49. The standard InChI is InChI=1S/C17H27NO.C2H6.CH4O/c1-12(2)14-9-13(11-18-7-6-8-18)10-15(16(14)19)17(3,4)5;2*1-2/h9-10,12,19H,6-8,11H2,1-5H3;1-2H3;2H,1H3. The van der Waals surface area contributed by atoms with Crippen LogP contribution in [0.15, 0.2) is 12.1 Å². The summed E-state index contributed by atoms with van der Waals surface area (Å²) in [6.07, 6.45) is 1.32. The number of nitrogens with zero attached hydrogens (tertiary/aromatic N) is 1. The quantitative estimate of drug-likeness (QED) is 0.850. The summed E-state index contributed by atoms with van der Waals surface area (Å²) in [7, 11) is 1.00. The summed E-state index contributed by atoms with van der Waals surface area (Å²) in [5.74, 6) is 0.854. The molecule has 0 amide bonds. The maximum absolute atomic E-state index is 10.5. The van der Waals surface area contributed by atoms with E-state index < -0.39 is 0 Å². The number of phenols is 1. The third kappa shape index (κ3) is 6.15. The lowest BCUT2D eigenvalue weighted by atomic mass is 9.82. The van der Waals surface area contributed by atoms with Crippen LogP contribution in [0.25, 0.3) is 0 Å². The van der Waals surface area contributed by atoms with Crippen molar-refractivity contribution < 1.29 is 10.2 Å². The van der Waals surface area contributed by atoms with Crippen LogP contribution in [-0.2, 0) is 12.0 Å². The van der Waals surface area contributed by atoms with Gasteiger partial charge in [-0.05, 0) is 47.5 Å². The highest BCUT2D eigenvalue weighted by Crippen LogP contribution is 2.37. The highest BCUT2D eigenvalue weighted by Gasteiger charge is 2.23. The van der Waals surface area contributed by atoms with Crippen molar-refractivity contribution in [2.24, 2.45) is 0 Å². The van der Waals surface area contributed by atoms with Gasteiger partial charge < -0.3 is 10.2 Å². The molecule has 1 aromatic carbocycles. The smallest absolute Gasteiger partial charge is 0.122 e. The second kappa shape index (κ2) is 9.94. The van der Waals surface area contributed by atoms with Crippen molar-refractivity contribution in [1.82, 2.24) is 4.90 Å². The van der Waals surface area contributed by atoms with Gasteiger partial charge in [-0.15, -0.1) is 0 Å². The molecule has 1 saturated heterocycles. The van der Waals surface area contributed by atoms with E-state index in [2.05, 4.69) is 51.7 Å². The second-order valence-electron chi connectivity index (χ2n) is 7.12. The van der Waals surface area contributed by atoms with Crippen LogP contribution in [-0.4, -0.2) is 35.3 Å². The Balaban J connectivity index is 0.00000112. The highest BCUT2D eigenvalue weighted by atomic mass is 16.3. The van der Waals surface area contributed by atoms with Gasteiger partial charge >= 0.3 is 0 Å². The van der Waals surface area contributed by atoms with Gasteiger partial charge in [-0.3, -0.25) is 4.90 Å². The average Bonchev–Trinajstić information content (AvgIpc) is 2.47. The summed E-state index contributed by atoms with van der Waals surface area (Å²) in [4.78, 5) is 2.46. The largest absolute Gasteiger partial charge is 0.507 e. The summed E-state index contributed by atoms with van der Waals surface area (Å²) in [5, 5.41) is 17.5. The number of aromatic hydroxyl groups is 1. The van der Waals surface area contributed by atoms with E-state index in [1.165, 1.54) is 25.1 Å². The fourth-order valence-corrected chi connectivity index (χ4v) is 2.62. The molecule has 3 nitrogen and oxygen atoms in total. The van der Waals surface area contributed by atoms with Gasteiger partial charge in [-0.1, -0.05) is 60.6 Å². The maximum Gasteiger partial charge on any atom is 0.122 e. The van der Waals surface area contributed by atoms with Crippen molar-refractivity contribution in [2.75, 3.05) is 20.2 Å². The van der Waals surface area contributed by atoms with Crippen LogP contribution >= 0.6 is 0 Å². The molecule has 2 N–H and O–H groups in total. The number of rotatable bonds is 3. The molecular weight excluding hydrogens is 286 g/mol. The van der Waals surface area contributed by atoms with Gasteiger partial charge in [-0.2, -0.15) is 0 Å². The zero-order chi connectivity index (χ0) is 18.2. The maximum atomic E-state index is 10.5. The Hall–Kier alpha value is -1.06. The summed E-state index contributed by atoms with van der Waals surface area (Å²) >= 11 is 0. The first-order chi connectivity index (χ1) is 10.8. The van der Waals surface area contributed by atoms with Gasteiger partial charge in [0.2, 0.25) is 0 Å². The molecule has 0 bridgehead atoms. The van der Waals surface area contributed by atoms with Crippen molar-refractivity contribution >= 4 is 0 Å². The molecule has 1 aliphatic rings. The molecule has 1 heterocycles. The predicted molar refractivity (Wildman–Crippen MR) is 100 cm³/mol. The molecule has 3 heteroatoms. The molecule has 0 radical (unpaired) electrons. The Morgan fingerprint density at radius 1 is 1.09 bits per heavy atom. The molecule has 0 unspecified atom stereocenters. The number of benzene rings is 1. The summed E-state index contributed by atoms with van der Waals surface area (Å²) in [6, 6.07) is 4.38. The van der Waals surface area contributed by atoms with Crippen LogP contribution in [0.3, 0.4) is 0 Å². The lowest BCUT2D eigenvalue weighted by Gasteiger charge is -2.32. The van der Waals surface area contributed by atoms with E-state index in [1.54, 1.807) is 0 Å². The Labute approximate surface area is 143 Å². The van der Waals surface area contributed by atoms with Gasteiger partial charge in [0, 0.05) is 13.7 Å². The Kier molecular flexibility index (Phi) is 9.48. The van der Waals surface area contributed by atoms with Gasteiger partial charge in [0.25, 0.3) is 0 Å². The molecule has 1 aliphatic heterocycles. The van der Waals surface area contributed by atoms with Crippen LogP contribution in [0.2, 0.25) is 0 Å². The monoisotopic (exact) mass is 323 g/mol. The minimum Gasteiger partial charge on any atom is -0.507 e. The number of hydrogen-bond acceptors (Lipinski definition) is 3. The van der Waals surface area contributed by atoms with Crippen molar-refractivity contribution in [3.63, 3.8) is 0 Å². The van der Waals surface area contributed by atoms with Crippen LogP contribution in [0.5, 0.6) is 5.75 Å². The number of likely N-dealkylation sites (tertiary alicyclic amines) is 1. The molecule has 0 spiro atoms. The van der Waals surface area contributed by atoms with E-state index in [0.29, 0.717) is 11.7 Å². The number of hydrogen-bond donors (Lipinski definition) is 2. The van der Waals surface area contributed by atoms with E-state index >= 15 is 0 Å². The zero-order valence-electron chi connectivity index (χ0n) is 16.4. The molecular formula is C20H37NO2. The normalized spacial score (nSPS) is 14.3. The van der Waals surface area contributed by atoms with E-state index in [9.17, 15) is 5.11 Å². The van der Waals surface area contributed by atoms with Crippen LogP contribution in [0.4, 0.5) is 0 Å². The Morgan fingerprint density at radius 2 is 1.61 bits per heavy atom. The minimum absolute atomic E-state index is 0.0152. The second-order valence-corrected chi connectivity index (χ2v) is 7.12. The Morgan fingerprint density at radius 3 is 1.96 bits per heavy atom. The summed E-state index contributed by atoms with van der Waals surface area (Å²) < 4.78 is 0. The average molecular weight is 324 g/mol. The number of aliphatic hydroxyl groups is 1. The van der Waals surface area contributed by atoms with Crippen molar-refractivity contribution in [2.45, 2.75) is 72.8 Å². The molecule has 0 atom stereocenters. The third-order valence-corrected chi connectivity index (χ3v) is 3.98. The fraction of sp³-hybridized carbons (Fsp3) is 0.700.